The molecule has 15 heavy (non-hydrogen) atoms. The molecule has 0 spiro atoms. The lowest BCUT2D eigenvalue weighted by Crippen LogP contribution is -2.18. The highest BCUT2D eigenvalue weighted by Crippen LogP contribution is 2.19. The molecular formula is C9H16N2O3S. The minimum absolute atomic E-state index is 0.206. The molecule has 0 aliphatic heterocycles. The van der Waals surface area contributed by atoms with E-state index in [-0.39, 0.29) is 4.90 Å². The molecule has 1 aromatic heterocycles. The monoisotopic (exact) mass is 232 g/mol. The molecule has 0 fully saturated rings. The number of furan rings is 1. The first-order valence-electron chi connectivity index (χ1n) is 4.74. The Hall–Kier alpha value is -0.850. The van der Waals surface area contributed by atoms with Crippen molar-refractivity contribution in [2.45, 2.75) is 25.3 Å². The van der Waals surface area contributed by atoms with Gasteiger partial charge in [-0.15, -0.1) is 0 Å². The minimum Gasteiger partial charge on any atom is -0.464 e. The highest BCUT2D eigenvalue weighted by Gasteiger charge is 2.19. The molecule has 1 aromatic rings. The van der Waals surface area contributed by atoms with Gasteiger partial charge in [-0.1, -0.05) is 6.92 Å². The smallest absolute Gasteiger partial charge is 0.243 e. The van der Waals surface area contributed by atoms with Crippen LogP contribution < -0.4 is 10.0 Å². The van der Waals surface area contributed by atoms with Gasteiger partial charge in [0.15, 0.2) is 0 Å². The molecule has 6 heteroatoms. The third-order valence-electron chi connectivity index (χ3n) is 2.03. The Bertz CT molecular complexity index is 423. The third kappa shape index (κ3) is 2.80. The maximum absolute atomic E-state index is 11.5. The molecule has 0 aliphatic rings. The second-order valence-corrected chi connectivity index (χ2v) is 4.98. The molecule has 0 radical (unpaired) electrons. The molecule has 0 saturated carbocycles. The van der Waals surface area contributed by atoms with E-state index in [9.17, 15) is 8.42 Å². The van der Waals surface area contributed by atoms with Gasteiger partial charge >= 0.3 is 0 Å². The summed E-state index contributed by atoms with van der Waals surface area (Å²) in [6.45, 7) is 4.96. The van der Waals surface area contributed by atoms with E-state index >= 15 is 0 Å². The lowest BCUT2D eigenvalue weighted by Gasteiger charge is -1.97. The zero-order valence-electron chi connectivity index (χ0n) is 9.12. The average Bonchev–Trinajstić information content (AvgIpc) is 2.57. The Labute approximate surface area is 89.9 Å². The molecule has 0 aromatic carbocycles. The van der Waals surface area contributed by atoms with Crippen molar-refractivity contribution in [3.8, 4) is 0 Å². The summed E-state index contributed by atoms with van der Waals surface area (Å²) in [6, 6.07) is 1.55. The van der Waals surface area contributed by atoms with Crippen LogP contribution in [0, 0.1) is 6.92 Å². The molecule has 0 unspecified atom stereocenters. The van der Waals surface area contributed by atoms with Gasteiger partial charge in [0.1, 0.15) is 16.4 Å². The van der Waals surface area contributed by atoms with E-state index in [1.807, 2.05) is 6.92 Å². The number of rotatable bonds is 5. The van der Waals surface area contributed by atoms with Gasteiger partial charge in [0, 0.05) is 6.07 Å². The van der Waals surface area contributed by atoms with Gasteiger partial charge in [0.05, 0.1) is 6.54 Å². The van der Waals surface area contributed by atoms with Crippen LogP contribution in [-0.4, -0.2) is 22.0 Å². The van der Waals surface area contributed by atoms with Gasteiger partial charge in [0.25, 0.3) is 0 Å². The van der Waals surface area contributed by atoms with Crippen LogP contribution >= 0.6 is 0 Å². The first-order valence-corrected chi connectivity index (χ1v) is 6.23. The maximum atomic E-state index is 11.5. The summed E-state index contributed by atoms with van der Waals surface area (Å²) in [5.74, 6) is 1.04. The van der Waals surface area contributed by atoms with Crippen LogP contribution in [0.4, 0.5) is 0 Å². The van der Waals surface area contributed by atoms with Gasteiger partial charge in [-0.2, -0.15) is 0 Å². The van der Waals surface area contributed by atoms with Gasteiger partial charge in [-0.25, -0.2) is 13.1 Å². The van der Waals surface area contributed by atoms with Crippen LogP contribution in [0.1, 0.15) is 18.4 Å². The zero-order valence-corrected chi connectivity index (χ0v) is 9.94. The molecule has 86 valence electrons. The average molecular weight is 232 g/mol. The summed E-state index contributed by atoms with van der Waals surface area (Å²) >= 11 is 0. The quantitative estimate of drug-likeness (QED) is 0.780. The van der Waals surface area contributed by atoms with Crippen LogP contribution in [0.2, 0.25) is 0 Å². The summed E-state index contributed by atoms with van der Waals surface area (Å²) in [7, 11) is -2.02. The van der Waals surface area contributed by atoms with Crippen molar-refractivity contribution >= 4 is 10.0 Å². The Morgan fingerprint density at radius 1 is 1.47 bits per heavy atom. The predicted molar refractivity (Wildman–Crippen MR) is 57.1 cm³/mol. The van der Waals surface area contributed by atoms with E-state index in [4.69, 9.17) is 4.42 Å². The van der Waals surface area contributed by atoms with Gasteiger partial charge in [0.2, 0.25) is 10.0 Å². The fourth-order valence-electron chi connectivity index (χ4n) is 1.24. The van der Waals surface area contributed by atoms with E-state index in [1.54, 1.807) is 13.0 Å². The first-order chi connectivity index (χ1) is 7.01. The maximum Gasteiger partial charge on any atom is 0.243 e. The van der Waals surface area contributed by atoms with Gasteiger partial charge < -0.3 is 9.73 Å². The number of nitrogens with one attached hydrogen (secondary N) is 2. The van der Waals surface area contributed by atoms with Crippen molar-refractivity contribution in [2.75, 3.05) is 13.6 Å². The van der Waals surface area contributed by atoms with Gasteiger partial charge in [-0.05, 0) is 20.5 Å². The molecular weight excluding hydrogens is 216 g/mol. The van der Waals surface area contributed by atoms with Crippen LogP contribution in [0.15, 0.2) is 15.4 Å². The predicted octanol–water partition coefficient (Wildman–Crippen LogP) is 0.606. The molecule has 2 N–H and O–H groups in total. The summed E-state index contributed by atoms with van der Waals surface area (Å²) in [4.78, 5) is 0.206. The van der Waals surface area contributed by atoms with E-state index in [0.29, 0.717) is 18.1 Å². The molecule has 1 heterocycles. The van der Waals surface area contributed by atoms with Crippen molar-refractivity contribution in [1.29, 1.82) is 0 Å². The standard InChI is InChI=1S/C9H16N2O3S/c1-4-11-6-8-5-9(7(2)14-8)15(12,13)10-3/h5,10-11H,4,6H2,1-3H3. The number of aryl methyl sites for hydroxylation is 1. The fraction of sp³-hybridized carbons (Fsp3) is 0.556. The largest absolute Gasteiger partial charge is 0.464 e. The second-order valence-electron chi connectivity index (χ2n) is 3.12. The van der Waals surface area contributed by atoms with E-state index in [2.05, 4.69) is 10.0 Å². The molecule has 0 atom stereocenters. The highest BCUT2D eigenvalue weighted by atomic mass is 32.2. The highest BCUT2D eigenvalue weighted by molar-refractivity contribution is 7.89. The first kappa shape index (κ1) is 12.2. The SMILES string of the molecule is CCNCc1cc(S(=O)(=O)NC)c(C)o1. The molecule has 5 nitrogen and oxygen atoms in total. The summed E-state index contributed by atoms with van der Waals surface area (Å²) < 4.78 is 30.6. The fourth-order valence-corrected chi connectivity index (χ4v) is 2.16. The Balaban J connectivity index is 2.97. The molecule has 0 saturated heterocycles. The number of sulfonamides is 1. The van der Waals surface area contributed by atoms with Crippen LogP contribution in [0.3, 0.4) is 0 Å². The normalized spacial score (nSPS) is 11.9. The molecule has 0 aliphatic carbocycles. The van der Waals surface area contributed by atoms with Crippen LogP contribution in [0.25, 0.3) is 0 Å². The molecule has 0 amide bonds. The molecule has 0 bridgehead atoms. The van der Waals surface area contributed by atoms with Crippen molar-refractivity contribution in [1.82, 2.24) is 10.0 Å². The summed E-state index contributed by atoms with van der Waals surface area (Å²) in [5.41, 5.74) is 0. The third-order valence-corrected chi connectivity index (χ3v) is 3.55. The minimum atomic E-state index is -3.40. The van der Waals surface area contributed by atoms with Crippen LogP contribution in [0.5, 0.6) is 0 Å². The van der Waals surface area contributed by atoms with E-state index in [1.165, 1.54) is 7.05 Å². The topological polar surface area (TPSA) is 71.3 Å². The van der Waals surface area contributed by atoms with Crippen molar-refractivity contribution < 1.29 is 12.8 Å². The lowest BCUT2D eigenvalue weighted by molar-refractivity contribution is 0.460. The Kier molecular flexibility index (Phi) is 3.90. The Morgan fingerprint density at radius 3 is 2.67 bits per heavy atom. The second kappa shape index (κ2) is 4.78. The van der Waals surface area contributed by atoms with Crippen molar-refractivity contribution in [3.63, 3.8) is 0 Å². The zero-order chi connectivity index (χ0) is 11.5. The Morgan fingerprint density at radius 2 is 2.13 bits per heavy atom. The lowest BCUT2D eigenvalue weighted by atomic mass is 10.4. The van der Waals surface area contributed by atoms with Crippen molar-refractivity contribution in [3.05, 3.63) is 17.6 Å². The molecule has 1 rings (SSSR count). The number of hydrogen-bond donors (Lipinski definition) is 2. The van der Waals surface area contributed by atoms with E-state index in [0.717, 1.165) is 6.54 Å². The number of hydrogen-bond acceptors (Lipinski definition) is 4. The van der Waals surface area contributed by atoms with E-state index < -0.39 is 10.0 Å². The van der Waals surface area contributed by atoms with Gasteiger partial charge in [-0.3, -0.25) is 0 Å². The summed E-state index contributed by atoms with van der Waals surface area (Å²) in [5, 5.41) is 3.07. The van der Waals surface area contributed by atoms with Crippen molar-refractivity contribution in [2.24, 2.45) is 0 Å². The summed E-state index contributed by atoms with van der Waals surface area (Å²) in [6.07, 6.45) is 0. The van der Waals surface area contributed by atoms with Crippen LogP contribution in [-0.2, 0) is 16.6 Å².